The van der Waals surface area contributed by atoms with Crippen LogP contribution in [-0.4, -0.2) is 17.9 Å². The summed E-state index contributed by atoms with van der Waals surface area (Å²) < 4.78 is 5.70. The summed E-state index contributed by atoms with van der Waals surface area (Å²) >= 11 is 0. The summed E-state index contributed by atoms with van der Waals surface area (Å²) in [6, 6.07) is 0. The normalized spacial score (nSPS) is 47.3. The highest BCUT2D eigenvalue weighted by Crippen LogP contribution is 2.64. The molecule has 0 N–H and O–H groups in total. The van der Waals surface area contributed by atoms with Crippen molar-refractivity contribution in [2.24, 2.45) is 28.6 Å². The van der Waals surface area contributed by atoms with Crippen molar-refractivity contribution in [1.29, 1.82) is 0 Å². The average Bonchev–Trinajstić information content (AvgIpc) is 2.82. The van der Waals surface area contributed by atoms with Gasteiger partial charge in [-0.1, -0.05) is 25.5 Å². The van der Waals surface area contributed by atoms with E-state index in [1.54, 1.807) is 5.57 Å². The van der Waals surface area contributed by atoms with Crippen LogP contribution in [0.3, 0.4) is 0 Å². The molecule has 6 atom stereocenters. The number of ether oxygens (including phenoxy) is 1. The first-order valence-corrected chi connectivity index (χ1v) is 9.73. The molecule has 0 spiro atoms. The van der Waals surface area contributed by atoms with Crippen LogP contribution in [0.5, 0.6) is 0 Å². The molecule has 6 unspecified atom stereocenters. The van der Waals surface area contributed by atoms with Gasteiger partial charge in [0.15, 0.2) is 0 Å². The van der Waals surface area contributed by atoms with Gasteiger partial charge in [-0.15, -0.1) is 0 Å². The minimum absolute atomic E-state index is 0.0899. The number of esters is 1. The van der Waals surface area contributed by atoms with E-state index in [1.165, 1.54) is 19.8 Å². The van der Waals surface area contributed by atoms with Gasteiger partial charge in [0.25, 0.3) is 0 Å². The molecular formula is C21H30O3. The monoisotopic (exact) mass is 330 g/mol. The fourth-order valence-corrected chi connectivity index (χ4v) is 6.91. The maximum Gasteiger partial charge on any atom is 0.302 e. The van der Waals surface area contributed by atoms with Crippen molar-refractivity contribution in [2.75, 3.05) is 0 Å². The number of hydrogen-bond acceptors (Lipinski definition) is 3. The molecule has 0 heterocycles. The van der Waals surface area contributed by atoms with Gasteiger partial charge in [-0.05, 0) is 61.7 Å². The van der Waals surface area contributed by atoms with E-state index in [0.29, 0.717) is 23.5 Å². The SMILES string of the molecule is CC(=O)OC1CCC2C3CC=C4CCC(=O)CC4(C)C3CCC12C. The number of carbonyl (C=O) groups excluding carboxylic acids is 2. The third-order valence-electron chi connectivity index (χ3n) is 8.08. The van der Waals surface area contributed by atoms with Crippen LogP contribution in [0, 0.1) is 28.6 Å². The second-order valence-corrected chi connectivity index (χ2v) is 9.19. The Kier molecular flexibility index (Phi) is 3.71. The molecule has 0 aromatic heterocycles. The lowest BCUT2D eigenvalue weighted by Crippen LogP contribution is -2.51. The van der Waals surface area contributed by atoms with Crippen LogP contribution in [0.25, 0.3) is 0 Å². The standard InChI is InChI=1S/C21H30O3/c1-13(22)24-19-9-8-17-16-7-5-14-4-6-15(23)12-21(14,3)18(16)10-11-20(17,19)2/h5,16-19H,4,6-12H2,1-3H3. The number of rotatable bonds is 1. The molecule has 4 aliphatic carbocycles. The fraction of sp³-hybridized carbons (Fsp3) is 0.810. The predicted molar refractivity (Wildman–Crippen MR) is 92.3 cm³/mol. The Balaban J connectivity index is 1.64. The maximum atomic E-state index is 12.2. The topological polar surface area (TPSA) is 43.4 Å². The minimum Gasteiger partial charge on any atom is -0.462 e. The van der Waals surface area contributed by atoms with Gasteiger partial charge in [0, 0.05) is 25.2 Å². The van der Waals surface area contributed by atoms with Gasteiger partial charge in [-0.25, -0.2) is 0 Å². The molecule has 4 aliphatic rings. The molecule has 0 aliphatic heterocycles. The molecule has 0 amide bonds. The number of ketones is 1. The lowest BCUT2D eigenvalue weighted by atomic mass is 9.48. The van der Waals surface area contributed by atoms with Crippen LogP contribution in [0.15, 0.2) is 11.6 Å². The summed E-state index contributed by atoms with van der Waals surface area (Å²) in [5, 5.41) is 0. The van der Waals surface area contributed by atoms with E-state index in [0.717, 1.165) is 38.5 Å². The molecule has 3 saturated carbocycles. The Bertz CT molecular complexity index is 606. The van der Waals surface area contributed by atoms with E-state index in [1.807, 2.05) is 0 Å². The van der Waals surface area contributed by atoms with Gasteiger partial charge in [0.05, 0.1) is 0 Å². The lowest BCUT2D eigenvalue weighted by molar-refractivity contribution is -0.157. The molecule has 132 valence electrons. The Morgan fingerprint density at radius 1 is 1.17 bits per heavy atom. The van der Waals surface area contributed by atoms with Gasteiger partial charge >= 0.3 is 5.97 Å². The summed E-state index contributed by atoms with van der Waals surface area (Å²) in [6.07, 6.45) is 10.7. The Morgan fingerprint density at radius 3 is 2.71 bits per heavy atom. The van der Waals surface area contributed by atoms with E-state index < -0.39 is 0 Å². The quantitative estimate of drug-likeness (QED) is 0.527. The van der Waals surface area contributed by atoms with E-state index in [-0.39, 0.29) is 22.9 Å². The van der Waals surface area contributed by atoms with Crippen LogP contribution in [0.1, 0.15) is 72.1 Å². The van der Waals surface area contributed by atoms with Crippen molar-refractivity contribution in [3.8, 4) is 0 Å². The van der Waals surface area contributed by atoms with Gasteiger partial charge in [0.2, 0.25) is 0 Å². The Hall–Kier alpha value is -1.12. The van der Waals surface area contributed by atoms with Crippen LogP contribution in [0.2, 0.25) is 0 Å². The first-order valence-electron chi connectivity index (χ1n) is 9.73. The first-order chi connectivity index (χ1) is 11.3. The van der Waals surface area contributed by atoms with E-state index in [2.05, 4.69) is 19.9 Å². The van der Waals surface area contributed by atoms with E-state index in [4.69, 9.17) is 4.74 Å². The Morgan fingerprint density at radius 2 is 1.96 bits per heavy atom. The molecule has 0 radical (unpaired) electrons. The second-order valence-electron chi connectivity index (χ2n) is 9.19. The predicted octanol–water partition coefficient (Wildman–Crippen LogP) is 4.45. The van der Waals surface area contributed by atoms with Crippen LogP contribution >= 0.6 is 0 Å². The molecule has 0 aromatic rings. The molecule has 3 heteroatoms. The van der Waals surface area contributed by atoms with Crippen molar-refractivity contribution >= 4 is 11.8 Å². The second kappa shape index (κ2) is 5.44. The molecule has 0 bridgehead atoms. The molecule has 4 rings (SSSR count). The molecule has 0 aromatic carbocycles. The Labute approximate surface area is 145 Å². The van der Waals surface area contributed by atoms with Crippen LogP contribution in [0.4, 0.5) is 0 Å². The highest BCUT2D eigenvalue weighted by Gasteiger charge is 2.59. The van der Waals surface area contributed by atoms with Crippen molar-refractivity contribution in [1.82, 2.24) is 0 Å². The zero-order valence-electron chi connectivity index (χ0n) is 15.3. The molecular weight excluding hydrogens is 300 g/mol. The van der Waals surface area contributed by atoms with Crippen LogP contribution < -0.4 is 0 Å². The fourth-order valence-electron chi connectivity index (χ4n) is 6.91. The number of allylic oxidation sites excluding steroid dienone is 2. The molecule has 3 nitrogen and oxygen atoms in total. The third-order valence-corrected chi connectivity index (χ3v) is 8.08. The maximum absolute atomic E-state index is 12.2. The largest absolute Gasteiger partial charge is 0.462 e. The minimum atomic E-state index is -0.139. The zero-order valence-corrected chi connectivity index (χ0v) is 15.3. The molecule has 0 saturated heterocycles. The third kappa shape index (κ3) is 2.23. The smallest absolute Gasteiger partial charge is 0.302 e. The van der Waals surface area contributed by atoms with Crippen molar-refractivity contribution in [3.05, 3.63) is 11.6 Å². The summed E-state index contributed by atoms with van der Waals surface area (Å²) in [5.74, 6) is 2.24. The van der Waals surface area contributed by atoms with Gasteiger partial charge < -0.3 is 4.74 Å². The van der Waals surface area contributed by atoms with Crippen molar-refractivity contribution < 1.29 is 14.3 Å². The number of hydrogen-bond donors (Lipinski definition) is 0. The average molecular weight is 330 g/mol. The summed E-state index contributed by atoms with van der Waals surface area (Å²) in [7, 11) is 0. The summed E-state index contributed by atoms with van der Waals surface area (Å²) in [5.41, 5.74) is 1.79. The molecule has 3 fully saturated rings. The van der Waals surface area contributed by atoms with Crippen molar-refractivity contribution in [3.63, 3.8) is 0 Å². The molecule has 24 heavy (non-hydrogen) atoms. The number of fused-ring (bicyclic) bond motifs is 5. The van der Waals surface area contributed by atoms with Gasteiger partial charge in [-0.2, -0.15) is 0 Å². The van der Waals surface area contributed by atoms with Crippen LogP contribution in [-0.2, 0) is 14.3 Å². The number of Topliss-reactive ketones (excluding diaryl/α,β-unsaturated/α-hetero) is 1. The lowest BCUT2D eigenvalue weighted by Gasteiger charge is -2.57. The van der Waals surface area contributed by atoms with Gasteiger partial charge in [0.1, 0.15) is 11.9 Å². The first kappa shape index (κ1) is 16.4. The zero-order chi connectivity index (χ0) is 17.1. The number of carbonyl (C=O) groups is 2. The highest BCUT2D eigenvalue weighted by molar-refractivity contribution is 5.81. The van der Waals surface area contributed by atoms with E-state index >= 15 is 0 Å². The van der Waals surface area contributed by atoms with Crippen molar-refractivity contribution in [2.45, 2.75) is 78.2 Å². The van der Waals surface area contributed by atoms with Gasteiger partial charge in [-0.3, -0.25) is 9.59 Å². The highest BCUT2D eigenvalue weighted by atomic mass is 16.5. The summed E-state index contributed by atoms with van der Waals surface area (Å²) in [6.45, 7) is 6.24. The summed E-state index contributed by atoms with van der Waals surface area (Å²) in [4.78, 5) is 23.7. The van der Waals surface area contributed by atoms with E-state index in [9.17, 15) is 9.59 Å².